The molecule has 3 aromatic rings. The highest BCUT2D eigenvalue weighted by atomic mass is 32.2. The number of rotatable bonds is 9. The average molecular weight is 738 g/mol. The monoisotopic (exact) mass is 737 g/mol. The summed E-state index contributed by atoms with van der Waals surface area (Å²) in [6.45, 7) is 3.56. The smallest absolute Gasteiger partial charge is 0.253 e. The molecule has 47 heavy (non-hydrogen) atoms. The standard InChI is InChI=1S/C14H22N2O7S2.C13H17N3O4S2/c1-10-9-24(17,18)6-5-16(10)15-25(19,20)11-7-12(21-2)14(23-4)13(8-11)22-3;1-10-9-21(17,18)7-6-16(10)15-22(19,20)12-2-3-13-11(8-12)4-5-14-13/h7-8,10,15H,5-6,9H2,1-4H3;2-5,8,10,14-15H,6-7,9H2,1H3. The molecule has 0 radical (unpaired) electrons. The lowest BCUT2D eigenvalue weighted by Crippen LogP contribution is -2.55. The van der Waals surface area contributed by atoms with Gasteiger partial charge in [-0.25, -0.2) is 43.7 Å². The topological polar surface area (TPSA) is 211 Å². The number of hydrazine groups is 2. The molecule has 0 amide bonds. The van der Waals surface area contributed by atoms with Gasteiger partial charge in [-0.3, -0.25) is 0 Å². The molecular weight excluding hydrogens is 699 g/mol. The SMILES string of the molecule is CC1CS(=O)(=O)CCN1NS(=O)(=O)c1ccc2[nH]ccc2c1.COc1cc(S(=O)(=O)NN2CCS(=O)(=O)CC2C)cc(OC)c1OC. The van der Waals surface area contributed by atoms with Crippen LogP contribution in [0.15, 0.2) is 52.4 Å². The van der Waals surface area contributed by atoms with Crippen molar-refractivity contribution in [3.8, 4) is 17.2 Å². The Morgan fingerprint density at radius 3 is 1.66 bits per heavy atom. The van der Waals surface area contributed by atoms with Crippen LogP contribution in [-0.4, -0.2) is 118 Å². The van der Waals surface area contributed by atoms with Gasteiger partial charge in [0, 0.05) is 54.4 Å². The van der Waals surface area contributed by atoms with Gasteiger partial charge in [-0.2, -0.15) is 0 Å². The third-order valence-electron chi connectivity index (χ3n) is 7.60. The molecule has 2 fully saturated rings. The first-order chi connectivity index (χ1) is 21.9. The summed E-state index contributed by atoms with van der Waals surface area (Å²) >= 11 is 0. The number of H-pyrrole nitrogens is 1. The van der Waals surface area contributed by atoms with E-state index in [9.17, 15) is 33.7 Å². The fourth-order valence-electron chi connectivity index (χ4n) is 5.09. The zero-order valence-electron chi connectivity index (χ0n) is 26.5. The molecule has 2 atom stereocenters. The van der Waals surface area contributed by atoms with Crippen molar-refractivity contribution < 1.29 is 47.9 Å². The quantitative estimate of drug-likeness (QED) is 0.274. The lowest BCUT2D eigenvalue weighted by molar-refractivity contribution is 0.195. The molecule has 2 aliphatic heterocycles. The molecule has 2 aliphatic rings. The van der Waals surface area contributed by atoms with E-state index in [0.29, 0.717) is 0 Å². The van der Waals surface area contributed by atoms with Crippen LogP contribution in [0.5, 0.6) is 17.2 Å². The molecule has 0 bridgehead atoms. The maximum Gasteiger partial charge on any atom is 0.253 e. The van der Waals surface area contributed by atoms with Crippen LogP contribution in [0, 0.1) is 0 Å². The van der Waals surface area contributed by atoms with Gasteiger partial charge >= 0.3 is 0 Å². The minimum atomic E-state index is -3.95. The third kappa shape index (κ3) is 8.93. The number of fused-ring (bicyclic) bond motifs is 1. The van der Waals surface area contributed by atoms with E-state index in [1.807, 2.05) is 0 Å². The van der Waals surface area contributed by atoms with Crippen molar-refractivity contribution in [3.63, 3.8) is 0 Å². The Balaban J connectivity index is 0.000000214. The van der Waals surface area contributed by atoms with Gasteiger partial charge in [-0.15, -0.1) is 9.66 Å². The van der Waals surface area contributed by atoms with E-state index >= 15 is 0 Å². The Hall–Kier alpha value is -2.98. The Kier molecular flexibility index (Phi) is 11.2. The van der Waals surface area contributed by atoms with E-state index in [1.54, 1.807) is 38.2 Å². The molecule has 5 rings (SSSR count). The van der Waals surface area contributed by atoms with Gasteiger partial charge in [0.2, 0.25) is 5.75 Å². The van der Waals surface area contributed by atoms with Gasteiger partial charge in [0.25, 0.3) is 20.0 Å². The van der Waals surface area contributed by atoms with Gasteiger partial charge in [-0.05, 0) is 38.1 Å². The molecule has 262 valence electrons. The summed E-state index contributed by atoms with van der Waals surface area (Å²) in [5.41, 5.74) is 0.858. The van der Waals surface area contributed by atoms with Gasteiger partial charge < -0.3 is 19.2 Å². The van der Waals surface area contributed by atoms with Crippen LogP contribution in [0.2, 0.25) is 0 Å². The van der Waals surface area contributed by atoms with Crippen LogP contribution in [0.1, 0.15) is 13.8 Å². The summed E-state index contributed by atoms with van der Waals surface area (Å²) in [5, 5.41) is 3.68. The first kappa shape index (κ1) is 36.8. The number of sulfone groups is 2. The first-order valence-electron chi connectivity index (χ1n) is 14.3. The third-order valence-corrected chi connectivity index (χ3v) is 13.9. The second kappa shape index (κ2) is 14.2. The number of ether oxygens (including phenoxy) is 3. The van der Waals surface area contributed by atoms with Gasteiger partial charge in [0.1, 0.15) is 0 Å². The highest BCUT2D eigenvalue weighted by Gasteiger charge is 2.33. The molecule has 1 aromatic heterocycles. The summed E-state index contributed by atoms with van der Waals surface area (Å²) in [7, 11) is -9.73. The molecule has 0 aliphatic carbocycles. The van der Waals surface area contributed by atoms with E-state index in [4.69, 9.17) is 14.2 Å². The van der Waals surface area contributed by atoms with E-state index in [2.05, 4.69) is 14.6 Å². The maximum absolute atomic E-state index is 12.7. The summed E-state index contributed by atoms with van der Waals surface area (Å²) in [6.07, 6.45) is 1.74. The minimum absolute atomic E-state index is 0.0449. The van der Waals surface area contributed by atoms with Crippen molar-refractivity contribution in [2.24, 2.45) is 0 Å². The van der Waals surface area contributed by atoms with Crippen LogP contribution in [0.3, 0.4) is 0 Å². The molecule has 2 aromatic carbocycles. The molecule has 2 saturated heterocycles. The summed E-state index contributed by atoms with van der Waals surface area (Å²) in [6, 6.07) is 8.36. The highest BCUT2D eigenvalue weighted by Crippen LogP contribution is 2.39. The van der Waals surface area contributed by atoms with Crippen LogP contribution in [0.25, 0.3) is 10.9 Å². The number of sulfonamides is 2. The number of aromatic nitrogens is 1. The highest BCUT2D eigenvalue weighted by molar-refractivity contribution is 7.92. The summed E-state index contributed by atoms with van der Waals surface area (Å²) in [5.74, 6) is 0.387. The molecule has 20 heteroatoms. The Morgan fingerprint density at radius 2 is 1.21 bits per heavy atom. The molecule has 3 N–H and O–H groups in total. The molecule has 0 spiro atoms. The van der Waals surface area contributed by atoms with Crippen molar-refractivity contribution >= 4 is 50.6 Å². The van der Waals surface area contributed by atoms with Crippen molar-refractivity contribution in [2.45, 2.75) is 35.7 Å². The zero-order chi connectivity index (χ0) is 34.8. The second-order valence-corrected chi connectivity index (χ2v) is 18.9. The number of nitrogens with one attached hydrogen (secondary N) is 3. The van der Waals surface area contributed by atoms with E-state index in [0.717, 1.165) is 10.9 Å². The average Bonchev–Trinajstić information content (AvgIpc) is 3.47. The number of benzene rings is 2. The van der Waals surface area contributed by atoms with Gasteiger partial charge in [0.15, 0.2) is 31.2 Å². The van der Waals surface area contributed by atoms with Crippen LogP contribution in [0.4, 0.5) is 0 Å². The summed E-state index contributed by atoms with van der Waals surface area (Å²) < 4.78 is 112. The van der Waals surface area contributed by atoms with E-state index < -0.39 is 51.8 Å². The predicted molar refractivity (Wildman–Crippen MR) is 175 cm³/mol. The maximum atomic E-state index is 12.7. The number of methoxy groups -OCH3 is 3. The first-order valence-corrected chi connectivity index (χ1v) is 20.9. The fourth-order valence-corrected chi connectivity index (χ4v) is 10.6. The zero-order valence-corrected chi connectivity index (χ0v) is 29.7. The van der Waals surface area contributed by atoms with Crippen molar-refractivity contribution in [3.05, 3.63) is 42.6 Å². The van der Waals surface area contributed by atoms with Crippen molar-refractivity contribution in [1.29, 1.82) is 0 Å². The normalized spacial score (nSPS) is 21.8. The number of aromatic amines is 1. The van der Waals surface area contributed by atoms with Crippen LogP contribution in [-0.2, 0) is 39.7 Å². The molecule has 2 unspecified atom stereocenters. The lowest BCUT2D eigenvalue weighted by Gasteiger charge is -2.32. The minimum Gasteiger partial charge on any atom is -0.493 e. The summed E-state index contributed by atoms with van der Waals surface area (Å²) in [4.78, 5) is 7.99. The number of nitrogens with zero attached hydrogens (tertiary/aromatic N) is 2. The molecular formula is C27H39N5O11S4. The second-order valence-electron chi connectivity index (χ2n) is 11.1. The van der Waals surface area contributed by atoms with Gasteiger partial charge in [0.05, 0.1) is 54.1 Å². The largest absolute Gasteiger partial charge is 0.493 e. The van der Waals surface area contributed by atoms with Crippen LogP contribution >= 0.6 is 0 Å². The number of hydrogen-bond acceptors (Lipinski definition) is 13. The molecule has 0 saturated carbocycles. The number of hydrogen-bond donors (Lipinski definition) is 3. The Bertz CT molecular complexity index is 2010. The van der Waals surface area contributed by atoms with Gasteiger partial charge in [-0.1, -0.05) is 0 Å². The predicted octanol–water partition coefficient (Wildman–Crippen LogP) is 0.505. The van der Waals surface area contributed by atoms with E-state index in [-0.39, 0.29) is 63.1 Å². The van der Waals surface area contributed by atoms with E-state index in [1.165, 1.54) is 49.5 Å². The Labute approximate surface area is 275 Å². The van der Waals surface area contributed by atoms with Crippen LogP contribution < -0.4 is 23.9 Å². The van der Waals surface area contributed by atoms with Crippen molar-refractivity contribution in [2.75, 3.05) is 57.4 Å². The van der Waals surface area contributed by atoms with Crippen molar-refractivity contribution in [1.82, 2.24) is 24.7 Å². The lowest BCUT2D eigenvalue weighted by atomic mass is 10.2. The molecule has 3 heterocycles. The Morgan fingerprint density at radius 1 is 0.723 bits per heavy atom. The fraction of sp³-hybridized carbons (Fsp3) is 0.481. The molecule has 16 nitrogen and oxygen atoms in total.